The Balaban J connectivity index is 2.59. The van der Waals surface area contributed by atoms with E-state index < -0.39 is 42.1 Å². The number of nitrogens with two attached hydrogens (primary N) is 1. The first kappa shape index (κ1) is 17.5. The molecule has 0 spiro atoms. The molecule has 0 radical (unpaired) electrons. The highest BCUT2D eigenvalue weighted by Crippen LogP contribution is 2.32. The van der Waals surface area contributed by atoms with E-state index in [-0.39, 0.29) is 11.4 Å². The maximum atomic E-state index is 12.4. The molecule has 4 N–H and O–H groups in total. The maximum Gasteiger partial charge on any atom is 0.342 e. The number of hydrogen-bond donors (Lipinski definition) is 3. The number of aromatic carboxylic acids is 1. The van der Waals surface area contributed by atoms with Gasteiger partial charge in [-0.15, -0.1) is 0 Å². The SMILES string of the molecule is Nc1ccccc1NS(=O)(=O)c1cc(C(=O)O)c([N+](=O)[O-])cc1Cl. The summed E-state index contributed by atoms with van der Waals surface area (Å²) in [6.07, 6.45) is 0. The smallest absolute Gasteiger partial charge is 0.342 e. The molecule has 0 saturated carbocycles. The molecule has 9 nitrogen and oxygen atoms in total. The Hall–Kier alpha value is -2.85. The number of carboxylic acid groups (broad SMARTS) is 1. The summed E-state index contributed by atoms with van der Waals surface area (Å²) in [6.45, 7) is 0. The third-order valence-corrected chi connectivity index (χ3v) is 4.80. The fourth-order valence-corrected chi connectivity index (χ4v) is 3.50. The zero-order valence-electron chi connectivity index (χ0n) is 11.8. The van der Waals surface area contributed by atoms with Gasteiger partial charge in [0.1, 0.15) is 10.5 Å². The van der Waals surface area contributed by atoms with Gasteiger partial charge in [-0.25, -0.2) is 13.2 Å². The van der Waals surface area contributed by atoms with E-state index in [0.717, 1.165) is 0 Å². The molecule has 2 aromatic carbocycles. The zero-order valence-corrected chi connectivity index (χ0v) is 13.3. The fourth-order valence-electron chi connectivity index (χ4n) is 1.86. The summed E-state index contributed by atoms with van der Waals surface area (Å²) in [4.78, 5) is 20.4. The van der Waals surface area contributed by atoms with Crippen LogP contribution in [0.15, 0.2) is 41.3 Å². The summed E-state index contributed by atoms with van der Waals surface area (Å²) >= 11 is 5.79. The minimum Gasteiger partial charge on any atom is -0.477 e. The molecule has 0 aromatic heterocycles. The molecule has 0 atom stereocenters. The molecule has 0 aliphatic heterocycles. The lowest BCUT2D eigenvalue weighted by molar-refractivity contribution is -0.385. The number of nitrogens with zero attached hydrogens (tertiary/aromatic N) is 1. The molecule has 0 fully saturated rings. The van der Waals surface area contributed by atoms with E-state index in [1.54, 1.807) is 6.07 Å². The molecule has 0 heterocycles. The number of benzene rings is 2. The molecule has 0 amide bonds. The van der Waals surface area contributed by atoms with Crippen LogP contribution in [0.3, 0.4) is 0 Å². The first-order valence-corrected chi connectivity index (χ1v) is 8.08. The van der Waals surface area contributed by atoms with Crippen LogP contribution in [0.5, 0.6) is 0 Å². The van der Waals surface area contributed by atoms with Crippen LogP contribution in [-0.4, -0.2) is 24.4 Å². The Labute approximate surface area is 140 Å². The second-order valence-electron chi connectivity index (χ2n) is 4.55. The largest absolute Gasteiger partial charge is 0.477 e. The third kappa shape index (κ3) is 3.39. The summed E-state index contributed by atoms with van der Waals surface area (Å²) in [5.41, 5.74) is 4.22. The average molecular weight is 372 g/mol. The minimum atomic E-state index is -4.31. The number of para-hydroxylation sites is 2. The summed E-state index contributed by atoms with van der Waals surface area (Å²) in [7, 11) is -4.31. The van der Waals surface area contributed by atoms with Gasteiger partial charge in [0.05, 0.1) is 21.3 Å². The van der Waals surface area contributed by atoms with Crippen LogP contribution in [0.4, 0.5) is 17.1 Å². The Morgan fingerprint density at radius 1 is 1.29 bits per heavy atom. The normalized spacial score (nSPS) is 11.0. The van der Waals surface area contributed by atoms with Crippen LogP contribution in [0.2, 0.25) is 5.02 Å². The molecule has 0 aliphatic carbocycles. The van der Waals surface area contributed by atoms with Crippen LogP contribution in [0.25, 0.3) is 0 Å². The zero-order chi connectivity index (χ0) is 18.1. The Morgan fingerprint density at radius 2 is 1.92 bits per heavy atom. The lowest BCUT2D eigenvalue weighted by Crippen LogP contribution is -2.16. The molecular formula is C13H10ClN3O6S. The minimum absolute atomic E-state index is 0.0591. The van der Waals surface area contributed by atoms with Gasteiger partial charge < -0.3 is 10.8 Å². The van der Waals surface area contributed by atoms with E-state index in [4.69, 9.17) is 22.4 Å². The first-order valence-electron chi connectivity index (χ1n) is 6.22. The van der Waals surface area contributed by atoms with Gasteiger partial charge in [-0.1, -0.05) is 23.7 Å². The highest BCUT2D eigenvalue weighted by atomic mass is 35.5. The average Bonchev–Trinajstić information content (AvgIpc) is 2.48. The molecule has 24 heavy (non-hydrogen) atoms. The van der Waals surface area contributed by atoms with E-state index in [1.807, 2.05) is 0 Å². The molecule has 2 aromatic rings. The molecule has 11 heteroatoms. The van der Waals surface area contributed by atoms with E-state index in [2.05, 4.69) is 4.72 Å². The molecule has 0 bridgehead atoms. The van der Waals surface area contributed by atoms with Crippen molar-refractivity contribution >= 4 is 44.7 Å². The van der Waals surface area contributed by atoms with Gasteiger partial charge in [0.15, 0.2) is 0 Å². The molecule has 2 rings (SSSR count). The number of sulfonamides is 1. The lowest BCUT2D eigenvalue weighted by atomic mass is 10.2. The van der Waals surface area contributed by atoms with Gasteiger partial charge in [-0.3, -0.25) is 14.8 Å². The molecule has 0 unspecified atom stereocenters. The van der Waals surface area contributed by atoms with Gasteiger partial charge in [-0.05, 0) is 18.2 Å². The number of nitro groups is 1. The van der Waals surface area contributed by atoms with E-state index in [9.17, 15) is 23.3 Å². The summed E-state index contributed by atoms with van der Waals surface area (Å²) < 4.78 is 27.0. The number of nitro benzene ring substituents is 1. The van der Waals surface area contributed by atoms with Crippen LogP contribution in [0.1, 0.15) is 10.4 Å². The van der Waals surface area contributed by atoms with Gasteiger partial charge in [0, 0.05) is 6.07 Å². The van der Waals surface area contributed by atoms with Gasteiger partial charge in [0.2, 0.25) is 0 Å². The number of nitrogen functional groups attached to an aromatic ring is 1. The quantitative estimate of drug-likeness (QED) is 0.414. The second kappa shape index (κ2) is 6.34. The van der Waals surface area contributed by atoms with Crippen molar-refractivity contribution in [2.75, 3.05) is 10.5 Å². The van der Waals surface area contributed by atoms with Crippen molar-refractivity contribution in [1.82, 2.24) is 0 Å². The van der Waals surface area contributed by atoms with Crippen LogP contribution >= 0.6 is 11.6 Å². The van der Waals surface area contributed by atoms with Crippen LogP contribution in [-0.2, 0) is 10.0 Å². The summed E-state index contributed by atoms with van der Waals surface area (Å²) in [5, 5.41) is 19.4. The van der Waals surface area contributed by atoms with Crippen molar-refractivity contribution in [1.29, 1.82) is 0 Å². The molecule has 0 saturated heterocycles. The number of halogens is 1. The summed E-state index contributed by atoms with van der Waals surface area (Å²) in [6, 6.07) is 7.28. The predicted octanol–water partition coefficient (Wildman–Crippen LogP) is 2.33. The number of anilines is 2. The van der Waals surface area contributed by atoms with Crippen molar-refractivity contribution in [3.63, 3.8) is 0 Å². The third-order valence-electron chi connectivity index (χ3n) is 2.97. The standard InChI is InChI=1S/C13H10ClN3O6S/c14-8-6-11(17(20)21)7(13(18)19)5-12(8)24(22,23)16-10-4-2-1-3-9(10)15/h1-6,16H,15H2,(H,18,19). The topological polar surface area (TPSA) is 153 Å². The van der Waals surface area contributed by atoms with Crippen LogP contribution in [0, 0.1) is 10.1 Å². The molecule has 126 valence electrons. The van der Waals surface area contributed by atoms with Gasteiger partial charge in [-0.2, -0.15) is 0 Å². The van der Waals surface area contributed by atoms with Crippen molar-refractivity contribution in [3.05, 3.63) is 57.1 Å². The van der Waals surface area contributed by atoms with Crippen molar-refractivity contribution in [2.45, 2.75) is 4.90 Å². The predicted molar refractivity (Wildman–Crippen MR) is 86.7 cm³/mol. The first-order chi connectivity index (χ1) is 11.1. The highest BCUT2D eigenvalue weighted by molar-refractivity contribution is 7.92. The number of carbonyl (C=O) groups is 1. The Kier molecular flexibility index (Phi) is 4.62. The number of nitrogens with one attached hydrogen (secondary N) is 1. The van der Waals surface area contributed by atoms with Crippen molar-refractivity contribution < 1.29 is 23.2 Å². The van der Waals surface area contributed by atoms with E-state index >= 15 is 0 Å². The number of hydrogen-bond acceptors (Lipinski definition) is 6. The van der Waals surface area contributed by atoms with Crippen molar-refractivity contribution in [3.8, 4) is 0 Å². The monoisotopic (exact) mass is 371 g/mol. The van der Waals surface area contributed by atoms with Gasteiger partial charge in [0.25, 0.3) is 15.7 Å². The van der Waals surface area contributed by atoms with E-state index in [1.165, 1.54) is 18.2 Å². The number of rotatable bonds is 5. The highest BCUT2D eigenvalue weighted by Gasteiger charge is 2.28. The Morgan fingerprint density at radius 3 is 2.46 bits per heavy atom. The van der Waals surface area contributed by atoms with E-state index in [0.29, 0.717) is 12.1 Å². The summed E-state index contributed by atoms with van der Waals surface area (Å²) in [5.74, 6) is -1.66. The molecular weight excluding hydrogens is 362 g/mol. The molecule has 0 aliphatic rings. The van der Waals surface area contributed by atoms with Crippen molar-refractivity contribution in [2.24, 2.45) is 0 Å². The second-order valence-corrected chi connectivity index (χ2v) is 6.61. The van der Waals surface area contributed by atoms with Crippen LogP contribution < -0.4 is 10.5 Å². The fraction of sp³-hybridized carbons (Fsp3) is 0. The number of carboxylic acids is 1. The maximum absolute atomic E-state index is 12.4. The van der Waals surface area contributed by atoms with Gasteiger partial charge >= 0.3 is 5.97 Å². The Bertz CT molecular complexity index is 945. The lowest BCUT2D eigenvalue weighted by Gasteiger charge is -2.12.